The van der Waals surface area contributed by atoms with Gasteiger partial charge in [-0.05, 0) is 42.0 Å². The summed E-state index contributed by atoms with van der Waals surface area (Å²) in [7, 11) is -4.20. The second-order valence-corrected chi connectivity index (χ2v) is 7.59. The highest BCUT2D eigenvalue weighted by molar-refractivity contribution is 7.89. The summed E-state index contributed by atoms with van der Waals surface area (Å²) in [5.74, 6) is -0.778. The van der Waals surface area contributed by atoms with Crippen LogP contribution in [0.3, 0.4) is 0 Å². The van der Waals surface area contributed by atoms with E-state index in [1.54, 1.807) is 30.3 Å². The molecule has 0 saturated heterocycles. The number of nitro groups is 1. The maximum Gasteiger partial charge on any atom is 0.277 e. The first-order valence-corrected chi connectivity index (χ1v) is 9.71. The van der Waals surface area contributed by atoms with E-state index in [-0.39, 0.29) is 27.5 Å². The van der Waals surface area contributed by atoms with Gasteiger partial charge in [-0.1, -0.05) is 30.3 Å². The topological polar surface area (TPSA) is 139 Å². The van der Waals surface area contributed by atoms with Crippen molar-refractivity contribution in [3.8, 4) is 16.9 Å². The van der Waals surface area contributed by atoms with Crippen LogP contribution in [0.4, 0.5) is 5.69 Å². The third-order valence-electron chi connectivity index (χ3n) is 3.99. The molecule has 0 aromatic heterocycles. The van der Waals surface area contributed by atoms with Gasteiger partial charge in [0.2, 0.25) is 0 Å². The number of phenols is 1. The van der Waals surface area contributed by atoms with Crippen molar-refractivity contribution in [3.05, 3.63) is 88.5 Å². The number of amides is 1. The largest absolute Gasteiger partial charge is 0.508 e. The molecule has 0 radical (unpaired) electrons. The van der Waals surface area contributed by atoms with Crippen molar-refractivity contribution < 1.29 is 23.2 Å². The molecule has 0 heterocycles. The molecule has 3 N–H and O–H groups in total. The number of rotatable bonds is 6. The van der Waals surface area contributed by atoms with Crippen molar-refractivity contribution in [2.45, 2.75) is 4.90 Å². The number of hydrogen-bond donors (Lipinski definition) is 3. The van der Waals surface area contributed by atoms with Crippen LogP contribution in [0.25, 0.3) is 11.1 Å². The molecule has 0 unspecified atom stereocenters. The number of nitro benzene ring substituents is 1. The molecule has 3 aromatic rings. The molecule has 0 aliphatic rings. The molecular weight excluding hydrogens is 398 g/mol. The molecule has 0 aliphatic heterocycles. The SMILES string of the molecule is O=C(NNS(=O)(=O)c1ccc([N+](=O)[O-])c(-c2ccccc2)c1)c1ccc(O)cc1. The van der Waals surface area contributed by atoms with E-state index in [0.717, 1.165) is 12.1 Å². The second-order valence-electron chi connectivity index (χ2n) is 5.91. The molecule has 9 nitrogen and oxygen atoms in total. The first kappa shape index (κ1) is 20.0. The zero-order valence-electron chi connectivity index (χ0n) is 14.8. The average molecular weight is 413 g/mol. The van der Waals surface area contributed by atoms with Crippen molar-refractivity contribution in [1.29, 1.82) is 0 Å². The van der Waals surface area contributed by atoms with Gasteiger partial charge in [0.05, 0.1) is 15.4 Å². The van der Waals surface area contributed by atoms with E-state index in [2.05, 4.69) is 5.43 Å². The zero-order chi connectivity index (χ0) is 21.0. The minimum absolute atomic E-state index is 0.0403. The number of hydrogen-bond acceptors (Lipinski definition) is 6. The second kappa shape index (κ2) is 8.09. The summed E-state index contributed by atoms with van der Waals surface area (Å²) in [5.41, 5.74) is 2.54. The lowest BCUT2D eigenvalue weighted by molar-refractivity contribution is -0.384. The lowest BCUT2D eigenvalue weighted by Gasteiger charge is -2.10. The Morgan fingerprint density at radius 3 is 2.24 bits per heavy atom. The van der Waals surface area contributed by atoms with Crippen molar-refractivity contribution in [2.75, 3.05) is 0 Å². The molecule has 10 heteroatoms. The highest BCUT2D eigenvalue weighted by atomic mass is 32.2. The molecule has 0 spiro atoms. The number of nitrogens with one attached hydrogen (secondary N) is 2. The highest BCUT2D eigenvalue weighted by Gasteiger charge is 2.22. The Balaban J connectivity index is 1.87. The van der Waals surface area contributed by atoms with E-state index in [0.29, 0.717) is 5.56 Å². The van der Waals surface area contributed by atoms with Crippen molar-refractivity contribution in [3.63, 3.8) is 0 Å². The van der Waals surface area contributed by atoms with Gasteiger partial charge in [-0.25, -0.2) is 8.42 Å². The number of phenolic OH excluding ortho intramolecular Hbond substituents is 1. The summed E-state index contributed by atoms with van der Waals surface area (Å²) >= 11 is 0. The summed E-state index contributed by atoms with van der Waals surface area (Å²) < 4.78 is 25.1. The smallest absolute Gasteiger partial charge is 0.277 e. The molecule has 3 rings (SSSR count). The van der Waals surface area contributed by atoms with E-state index in [1.807, 2.05) is 4.83 Å². The summed E-state index contributed by atoms with van der Waals surface area (Å²) in [6.07, 6.45) is 0. The van der Waals surface area contributed by atoms with Crippen LogP contribution in [0.2, 0.25) is 0 Å². The van der Waals surface area contributed by atoms with Crippen molar-refractivity contribution >= 4 is 21.6 Å². The highest BCUT2D eigenvalue weighted by Crippen LogP contribution is 2.31. The molecule has 0 aliphatic carbocycles. The number of carbonyl (C=O) groups is 1. The van der Waals surface area contributed by atoms with Gasteiger partial charge in [0.1, 0.15) is 5.75 Å². The van der Waals surface area contributed by atoms with Crippen LogP contribution >= 0.6 is 0 Å². The van der Waals surface area contributed by atoms with Gasteiger partial charge in [-0.3, -0.25) is 20.3 Å². The average Bonchev–Trinajstić information content (AvgIpc) is 2.72. The summed E-state index contributed by atoms with van der Waals surface area (Å²) in [5, 5.41) is 20.6. The number of sulfonamides is 1. The summed E-state index contributed by atoms with van der Waals surface area (Å²) in [6.45, 7) is 0. The molecule has 0 atom stereocenters. The Hall–Kier alpha value is -3.76. The molecule has 148 valence electrons. The monoisotopic (exact) mass is 413 g/mol. The van der Waals surface area contributed by atoms with Crippen LogP contribution in [0, 0.1) is 10.1 Å². The predicted molar refractivity (Wildman–Crippen MR) is 104 cm³/mol. The van der Waals surface area contributed by atoms with E-state index < -0.39 is 20.9 Å². The van der Waals surface area contributed by atoms with Gasteiger partial charge in [-0.2, -0.15) is 0 Å². The van der Waals surface area contributed by atoms with E-state index in [1.165, 1.54) is 30.3 Å². The van der Waals surface area contributed by atoms with Gasteiger partial charge in [0.15, 0.2) is 0 Å². The normalized spacial score (nSPS) is 11.0. The Bertz CT molecular complexity index is 1160. The van der Waals surface area contributed by atoms with Gasteiger partial charge >= 0.3 is 0 Å². The van der Waals surface area contributed by atoms with Crippen LogP contribution in [-0.2, 0) is 10.0 Å². The fourth-order valence-corrected chi connectivity index (χ4v) is 3.41. The summed E-state index contributed by atoms with van der Waals surface area (Å²) in [4.78, 5) is 24.5. The van der Waals surface area contributed by atoms with Crippen LogP contribution in [-0.4, -0.2) is 24.4 Å². The lowest BCUT2D eigenvalue weighted by atomic mass is 10.0. The summed E-state index contributed by atoms with van der Waals surface area (Å²) in [6, 6.07) is 16.9. The zero-order valence-corrected chi connectivity index (χ0v) is 15.6. The number of aromatic hydroxyl groups is 1. The molecule has 0 fully saturated rings. The fraction of sp³-hybridized carbons (Fsp3) is 0. The Kier molecular flexibility index (Phi) is 5.57. The van der Waals surface area contributed by atoms with Gasteiger partial charge in [0, 0.05) is 11.6 Å². The van der Waals surface area contributed by atoms with Crippen molar-refractivity contribution in [1.82, 2.24) is 10.3 Å². The molecule has 1 amide bonds. The Morgan fingerprint density at radius 1 is 0.966 bits per heavy atom. The van der Waals surface area contributed by atoms with Crippen LogP contribution in [0.1, 0.15) is 10.4 Å². The number of nitrogens with zero attached hydrogens (tertiary/aromatic N) is 1. The van der Waals surface area contributed by atoms with E-state index >= 15 is 0 Å². The molecule has 0 bridgehead atoms. The predicted octanol–water partition coefficient (Wildman–Crippen LogP) is 2.59. The number of benzene rings is 3. The van der Waals surface area contributed by atoms with Crippen LogP contribution in [0.15, 0.2) is 77.7 Å². The quantitative estimate of drug-likeness (QED) is 0.419. The van der Waals surface area contributed by atoms with Gasteiger partial charge < -0.3 is 5.11 Å². The minimum Gasteiger partial charge on any atom is -0.508 e. The third kappa shape index (κ3) is 4.57. The molecule has 29 heavy (non-hydrogen) atoms. The van der Waals surface area contributed by atoms with E-state index in [4.69, 9.17) is 0 Å². The van der Waals surface area contributed by atoms with Gasteiger partial charge in [-0.15, -0.1) is 4.83 Å². The van der Waals surface area contributed by atoms with E-state index in [9.17, 15) is 28.4 Å². The molecular formula is C19H15N3O6S. The third-order valence-corrected chi connectivity index (χ3v) is 5.23. The maximum absolute atomic E-state index is 12.6. The van der Waals surface area contributed by atoms with Gasteiger partial charge in [0.25, 0.3) is 21.6 Å². The maximum atomic E-state index is 12.6. The van der Waals surface area contributed by atoms with Crippen LogP contribution in [0.5, 0.6) is 5.75 Å². The molecule has 0 saturated carbocycles. The number of hydrazine groups is 1. The minimum atomic E-state index is -4.20. The lowest BCUT2D eigenvalue weighted by Crippen LogP contribution is -2.41. The standard InChI is InChI=1S/C19H15N3O6S/c23-15-8-6-14(7-9-15)19(24)20-21-29(27,28)16-10-11-18(22(25)26)17(12-16)13-4-2-1-3-5-13/h1-12,21,23H,(H,20,24). The Morgan fingerprint density at radius 2 is 1.62 bits per heavy atom. The molecule has 3 aromatic carbocycles. The first-order valence-electron chi connectivity index (χ1n) is 8.23. The van der Waals surface area contributed by atoms with Crippen molar-refractivity contribution in [2.24, 2.45) is 0 Å². The Labute approximate surface area is 165 Å². The van der Waals surface area contributed by atoms with Crippen LogP contribution < -0.4 is 10.3 Å². The fourth-order valence-electron chi connectivity index (χ4n) is 2.55. The number of carbonyl (C=O) groups excluding carboxylic acids is 1. The first-order chi connectivity index (χ1) is 13.8.